The van der Waals surface area contributed by atoms with Crippen molar-refractivity contribution in [3.63, 3.8) is 0 Å². The fraction of sp³-hybridized carbons (Fsp3) is 0.750. The molecule has 106 valence electrons. The molecule has 2 aliphatic carbocycles. The number of nitrogens with two attached hydrogens (primary N) is 1. The monoisotopic (exact) mass is 278 g/mol. The van der Waals surface area contributed by atoms with Crippen LogP contribution < -0.4 is 11.3 Å². The molecule has 0 aliphatic heterocycles. The Labute approximate surface area is 120 Å². The molecule has 2 fully saturated rings. The lowest BCUT2D eigenvalue weighted by atomic mass is 9.65. The zero-order chi connectivity index (χ0) is 13.2. The van der Waals surface area contributed by atoms with Gasteiger partial charge in [0.05, 0.1) is 0 Å². The van der Waals surface area contributed by atoms with E-state index in [4.69, 9.17) is 5.84 Å². The van der Waals surface area contributed by atoms with Crippen molar-refractivity contribution in [3.8, 4) is 0 Å². The third-order valence-electron chi connectivity index (χ3n) is 5.34. The molecular weight excluding hydrogens is 252 g/mol. The largest absolute Gasteiger partial charge is 0.271 e. The maximum Gasteiger partial charge on any atom is 0.0496 e. The Morgan fingerprint density at radius 3 is 2.68 bits per heavy atom. The molecule has 2 nitrogen and oxygen atoms in total. The third kappa shape index (κ3) is 2.88. The Hall–Kier alpha value is -0.380. The zero-order valence-corrected chi connectivity index (χ0v) is 12.7. The topological polar surface area (TPSA) is 38.0 Å². The molecule has 2 saturated carbocycles. The van der Waals surface area contributed by atoms with Gasteiger partial charge in [-0.2, -0.15) is 0 Å². The predicted molar refractivity (Wildman–Crippen MR) is 81.9 cm³/mol. The summed E-state index contributed by atoms with van der Waals surface area (Å²) >= 11 is 1.84. The molecule has 2 aliphatic rings. The molecule has 0 spiro atoms. The quantitative estimate of drug-likeness (QED) is 0.643. The van der Waals surface area contributed by atoms with E-state index in [1.807, 2.05) is 11.3 Å². The number of rotatable bonds is 3. The minimum atomic E-state index is 0.368. The van der Waals surface area contributed by atoms with Gasteiger partial charge in [-0.3, -0.25) is 11.3 Å². The average molecular weight is 278 g/mol. The van der Waals surface area contributed by atoms with Gasteiger partial charge in [0.1, 0.15) is 0 Å². The molecule has 0 bridgehead atoms. The Morgan fingerprint density at radius 2 is 2.00 bits per heavy atom. The Bertz CT molecular complexity index is 415. The van der Waals surface area contributed by atoms with Crippen LogP contribution in [0.4, 0.5) is 0 Å². The van der Waals surface area contributed by atoms with E-state index in [-0.39, 0.29) is 0 Å². The van der Waals surface area contributed by atoms with Gasteiger partial charge in [0.2, 0.25) is 0 Å². The highest BCUT2D eigenvalue weighted by atomic mass is 32.1. The van der Waals surface area contributed by atoms with Crippen molar-refractivity contribution in [2.75, 3.05) is 0 Å². The first-order valence-electron chi connectivity index (χ1n) is 7.79. The maximum atomic E-state index is 5.87. The summed E-state index contributed by atoms with van der Waals surface area (Å²) in [6, 6.07) is 2.68. The number of hydrogen-bond donors (Lipinski definition) is 2. The van der Waals surface area contributed by atoms with Gasteiger partial charge in [-0.25, -0.2) is 0 Å². The molecule has 3 N–H and O–H groups in total. The van der Waals surface area contributed by atoms with Crippen LogP contribution in [0.25, 0.3) is 0 Å². The summed E-state index contributed by atoms with van der Waals surface area (Å²) in [6.45, 7) is 2.18. The molecule has 1 heterocycles. The first-order valence-corrected chi connectivity index (χ1v) is 8.67. The number of thiophene rings is 1. The van der Waals surface area contributed by atoms with Gasteiger partial charge in [0.15, 0.2) is 0 Å². The van der Waals surface area contributed by atoms with Crippen LogP contribution >= 0.6 is 11.3 Å². The van der Waals surface area contributed by atoms with E-state index in [0.29, 0.717) is 6.04 Å². The lowest BCUT2D eigenvalue weighted by Crippen LogP contribution is -2.38. The first-order chi connectivity index (χ1) is 9.28. The Morgan fingerprint density at radius 1 is 1.21 bits per heavy atom. The number of nitrogens with one attached hydrogen (secondary N) is 1. The molecular formula is C16H26N2S. The second kappa shape index (κ2) is 5.94. The minimum Gasteiger partial charge on any atom is -0.271 e. The van der Waals surface area contributed by atoms with Crippen LogP contribution in [-0.4, -0.2) is 0 Å². The standard InChI is InChI=1S/C16H26N2S/c1-11-8-15(10-19-11)16(18-17)14-7-6-12-4-2-3-5-13(12)9-14/h8,10,12-14,16,18H,2-7,9,17H2,1H3. The number of fused-ring (bicyclic) bond motifs is 1. The van der Waals surface area contributed by atoms with Crippen molar-refractivity contribution in [3.05, 3.63) is 21.9 Å². The van der Waals surface area contributed by atoms with E-state index in [1.165, 1.54) is 55.4 Å². The summed E-state index contributed by atoms with van der Waals surface area (Å²) in [5.41, 5.74) is 4.51. The molecule has 4 unspecified atom stereocenters. The van der Waals surface area contributed by atoms with E-state index in [2.05, 4.69) is 23.8 Å². The Balaban J connectivity index is 1.70. The van der Waals surface area contributed by atoms with E-state index in [1.54, 1.807) is 0 Å². The van der Waals surface area contributed by atoms with Gasteiger partial charge in [-0.15, -0.1) is 11.3 Å². The molecule has 3 heteroatoms. The van der Waals surface area contributed by atoms with Crippen molar-refractivity contribution < 1.29 is 0 Å². The van der Waals surface area contributed by atoms with E-state index in [0.717, 1.165) is 17.8 Å². The number of aryl methyl sites for hydroxylation is 1. The molecule has 4 atom stereocenters. The highest BCUT2D eigenvalue weighted by Crippen LogP contribution is 2.46. The SMILES string of the molecule is Cc1cc(C(NN)C2CCC3CCCCC3C2)cs1. The van der Waals surface area contributed by atoms with Crippen molar-refractivity contribution in [1.29, 1.82) is 0 Å². The molecule has 0 radical (unpaired) electrons. The smallest absolute Gasteiger partial charge is 0.0496 e. The number of hydrazine groups is 1. The second-order valence-electron chi connectivity index (χ2n) is 6.51. The van der Waals surface area contributed by atoms with Gasteiger partial charge >= 0.3 is 0 Å². The molecule has 19 heavy (non-hydrogen) atoms. The molecule has 1 aromatic heterocycles. The summed E-state index contributed by atoms with van der Waals surface area (Å²) < 4.78 is 0. The van der Waals surface area contributed by atoms with Crippen LogP contribution in [-0.2, 0) is 0 Å². The van der Waals surface area contributed by atoms with Gasteiger partial charge in [-0.1, -0.05) is 25.7 Å². The van der Waals surface area contributed by atoms with Crippen LogP contribution in [0.15, 0.2) is 11.4 Å². The van der Waals surface area contributed by atoms with Crippen molar-refractivity contribution in [1.82, 2.24) is 5.43 Å². The highest BCUT2D eigenvalue weighted by molar-refractivity contribution is 7.10. The average Bonchev–Trinajstić information content (AvgIpc) is 2.86. The highest BCUT2D eigenvalue weighted by Gasteiger charge is 2.35. The van der Waals surface area contributed by atoms with Crippen molar-refractivity contribution in [2.24, 2.45) is 23.6 Å². The third-order valence-corrected chi connectivity index (χ3v) is 6.22. The summed E-state index contributed by atoms with van der Waals surface area (Å²) in [5.74, 6) is 8.60. The number of hydrogen-bond acceptors (Lipinski definition) is 3. The predicted octanol–water partition coefficient (Wildman–Crippen LogP) is 4.17. The van der Waals surface area contributed by atoms with E-state index in [9.17, 15) is 0 Å². The fourth-order valence-corrected chi connectivity index (χ4v) is 5.08. The van der Waals surface area contributed by atoms with Crippen LogP contribution in [0.2, 0.25) is 0 Å². The molecule has 0 saturated heterocycles. The maximum absolute atomic E-state index is 5.87. The summed E-state index contributed by atoms with van der Waals surface area (Å²) in [7, 11) is 0. The van der Waals surface area contributed by atoms with Gasteiger partial charge < -0.3 is 0 Å². The minimum absolute atomic E-state index is 0.368. The fourth-order valence-electron chi connectivity index (χ4n) is 4.34. The molecule has 0 amide bonds. The lowest BCUT2D eigenvalue weighted by molar-refractivity contribution is 0.109. The van der Waals surface area contributed by atoms with Crippen molar-refractivity contribution >= 4 is 11.3 Å². The van der Waals surface area contributed by atoms with Crippen molar-refractivity contribution in [2.45, 2.75) is 57.9 Å². The summed E-state index contributed by atoms with van der Waals surface area (Å²) in [6.07, 6.45) is 10.0. The van der Waals surface area contributed by atoms with Crippen LogP contribution in [0.5, 0.6) is 0 Å². The second-order valence-corrected chi connectivity index (χ2v) is 7.63. The lowest BCUT2D eigenvalue weighted by Gasteiger charge is -2.41. The molecule has 0 aromatic carbocycles. The van der Waals surface area contributed by atoms with Gasteiger partial charge in [0.25, 0.3) is 0 Å². The van der Waals surface area contributed by atoms with E-state index < -0.39 is 0 Å². The van der Waals surface area contributed by atoms with Crippen LogP contribution in [0.1, 0.15) is 61.4 Å². The van der Waals surface area contributed by atoms with Gasteiger partial charge in [-0.05, 0) is 60.9 Å². The van der Waals surface area contributed by atoms with E-state index >= 15 is 0 Å². The van der Waals surface area contributed by atoms with Crippen LogP contribution in [0.3, 0.4) is 0 Å². The summed E-state index contributed by atoms with van der Waals surface area (Å²) in [4.78, 5) is 1.39. The zero-order valence-electron chi connectivity index (χ0n) is 11.9. The normalized spacial score (nSPS) is 32.8. The molecule has 3 rings (SSSR count). The van der Waals surface area contributed by atoms with Crippen LogP contribution in [0, 0.1) is 24.7 Å². The first kappa shape index (κ1) is 13.6. The van der Waals surface area contributed by atoms with Gasteiger partial charge in [0, 0.05) is 10.9 Å². The summed E-state index contributed by atoms with van der Waals surface area (Å²) in [5, 5.41) is 2.28. The Kier molecular flexibility index (Phi) is 4.25. The molecule has 1 aromatic rings.